The monoisotopic (exact) mass is 385 g/mol. The van der Waals surface area contributed by atoms with Gasteiger partial charge in [-0.05, 0) is 56.9 Å². The Labute approximate surface area is 155 Å². The van der Waals surface area contributed by atoms with Crippen LogP contribution in [-0.4, -0.2) is 55.8 Å². The summed E-state index contributed by atoms with van der Waals surface area (Å²) in [6.07, 6.45) is 3.69. The molecule has 2 unspecified atom stereocenters. The van der Waals surface area contributed by atoms with Gasteiger partial charge in [-0.3, -0.25) is 4.79 Å². The van der Waals surface area contributed by atoms with Crippen molar-refractivity contribution in [3.8, 4) is 0 Å². The molecule has 1 aliphatic heterocycles. The molecule has 1 amide bonds. The van der Waals surface area contributed by atoms with Gasteiger partial charge in [0.2, 0.25) is 15.9 Å². The van der Waals surface area contributed by atoms with Crippen LogP contribution in [0.2, 0.25) is 0 Å². The van der Waals surface area contributed by atoms with E-state index in [9.17, 15) is 17.6 Å². The highest BCUT2D eigenvalue weighted by Crippen LogP contribution is 2.21. The zero-order valence-electron chi connectivity index (χ0n) is 15.4. The molecule has 2 rings (SSSR count). The van der Waals surface area contributed by atoms with Crippen LogP contribution in [-0.2, 0) is 14.8 Å². The highest BCUT2D eigenvalue weighted by molar-refractivity contribution is 7.89. The van der Waals surface area contributed by atoms with Crippen molar-refractivity contribution in [2.75, 3.05) is 20.1 Å². The molecule has 1 aliphatic rings. The number of hydrogen-bond donors (Lipinski definition) is 1. The summed E-state index contributed by atoms with van der Waals surface area (Å²) >= 11 is 0. The molecule has 2 atom stereocenters. The molecule has 146 valence electrons. The Morgan fingerprint density at radius 3 is 2.62 bits per heavy atom. The maximum Gasteiger partial charge on any atom is 0.242 e. The molecule has 26 heavy (non-hydrogen) atoms. The van der Waals surface area contributed by atoms with Crippen LogP contribution >= 0.6 is 0 Å². The Kier molecular flexibility index (Phi) is 7.14. The molecular weight excluding hydrogens is 357 g/mol. The highest BCUT2D eigenvalue weighted by atomic mass is 32.2. The molecule has 2 N–H and O–H groups in total. The Morgan fingerprint density at radius 2 is 2.00 bits per heavy atom. The largest absolute Gasteiger partial charge is 0.338 e. The van der Waals surface area contributed by atoms with Crippen molar-refractivity contribution in [1.82, 2.24) is 9.21 Å². The molecule has 1 fully saturated rings. The third kappa shape index (κ3) is 5.02. The summed E-state index contributed by atoms with van der Waals surface area (Å²) in [5, 5.41) is 0. The molecular formula is C18H28FN3O3S. The predicted molar refractivity (Wildman–Crippen MR) is 98.5 cm³/mol. The van der Waals surface area contributed by atoms with Gasteiger partial charge in [-0.1, -0.05) is 0 Å². The van der Waals surface area contributed by atoms with Crippen molar-refractivity contribution in [1.29, 1.82) is 0 Å². The summed E-state index contributed by atoms with van der Waals surface area (Å²) in [6.45, 7) is 2.86. The molecule has 0 aliphatic carbocycles. The number of hydrogen-bond acceptors (Lipinski definition) is 4. The normalized spacial score (nSPS) is 19.6. The van der Waals surface area contributed by atoms with Gasteiger partial charge in [-0.2, -0.15) is 0 Å². The lowest BCUT2D eigenvalue weighted by Gasteiger charge is -2.38. The number of nitrogens with zero attached hydrogens (tertiary/aromatic N) is 2. The van der Waals surface area contributed by atoms with E-state index in [1.165, 1.54) is 23.5 Å². The number of carbonyl (C=O) groups is 1. The fraction of sp³-hybridized carbons (Fsp3) is 0.611. The smallest absolute Gasteiger partial charge is 0.242 e. The van der Waals surface area contributed by atoms with Crippen molar-refractivity contribution in [3.63, 3.8) is 0 Å². The van der Waals surface area contributed by atoms with Crippen molar-refractivity contribution < 1.29 is 17.6 Å². The standard InChI is InChI=1S/C18H28FN3O3S/c1-14(20)17-6-3-4-13-22(17)18(23)7-5-12-21(2)26(24,25)16-10-8-15(19)9-11-16/h8-11,14,17H,3-7,12-13,20H2,1-2H3. The Morgan fingerprint density at radius 1 is 1.35 bits per heavy atom. The van der Waals surface area contributed by atoms with Gasteiger partial charge in [0, 0.05) is 38.6 Å². The van der Waals surface area contributed by atoms with E-state index in [2.05, 4.69) is 0 Å². The van der Waals surface area contributed by atoms with E-state index in [4.69, 9.17) is 5.73 Å². The SMILES string of the molecule is CC(N)C1CCCCN1C(=O)CCCN(C)S(=O)(=O)c1ccc(F)cc1. The first-order valence-corrected chi connectivity index (χ1v) is 10.4. The van der Waals surface area contributed by atoms with Crippen LogP contribution < -0.4 is 5.73 Å². The fourth-order valence-electron chi connectivity index (χ4n) is 3.32. The first-order chi connectivity index (χ1) is 12.2. The Hall–Kier alpha value is -1.51. The van der Waals surface area contributed by atoms with E-state index >= 15 is 0 Å². The lowest BCUT2D eigenvalue weighted by Crippen LogP contribution is -2.51. The third-order valence-corrected chi connectivity index (χ3v) is 6.73. The molecule has 1 aromatic rings. The van der Waals surface area contributed by atoms with Crippen LogP contribution in [0.15, 0.2) is 29.2 Å². The average molecular weight is 386 g/mol. The van der Waals surface area contributed by atoms with Gasteiger partial charge in [0.05, 0.1) is 4.90 Å². The lowest BCUT2D eigenvalue weighted by molar-refractivity contribution is -0.135. The van der Waals surface area contributed by atoms with Gasteiger partial charge < -0.3 is 10.6 Å². The number of likely N-dealkylation sites (tertiary alicyclic amines) is 1. The molecule has 1 aromatic carbocycles. The number of halogens is 1. The van der Waals surface area contributed by atoms with Crippen LogP contribution in [0, 0.1) is 5.82 Å². The van der Waals surface area contributed by atoms with Crippen molar-refractivity contribution in [2.45, 2.75) is 56.0 Å². The molecule has 0 aromatic heterocycles. The van der Waals surface area contributed by atoms with E-state index in [0.717, 1.165) is 37.9 Å². The fourth-order valence-corrected chi connectivity index (χ4v) is 4.53. The topological polar surface area (TPSA) is 83.7 Å². The molecule has 6 nitrogen and oxygen atoms in total. The van der Waals surface area contributed by atoms with Gasteiger partial charge >= 0.3 is 0 Å². The predicted octanol–water partition coefficient (Wildman–Crippen LogP) is 1.95. The number of amides is 1. The second-order valence-electron chi connectivity index (χ2n) is 6.89. The van der Waals surface area contributed by atoms with Crippen LogP contribution in [0.25, 0.3) is 0 Å². The molecule has 1 saturated heterocycles. The van der Waals surface area contributed by atoms with E-state index in [-0.39, 0.29) is 35.9 Å². The lowest BCUT2D eigenvalue weighted by atomic mass is 9.96. The highest BCUT2D eigenvalue weighted by Gasteiger charge is 2.29. The summed E-state index contributed by atoms with van der Waals surface area (Å²) in [5.74, 6) is -0.456. The number of rotatable bonds is 7. The summed E-state index contributed by atoms with van der Waals surface area (Å²) in [6, 6.07) is 4.72. The minimum Gasteiger partial charge on any atom is -0.338 e. The van der Waals surface area contributed by atoms with E-state index in [0.29, 0.717) is 6.42 Å². The van der Waals surface area contributed by atoms with E-state index in [1.807, 2.05) is 11.8 Å². The third-order valence-electron chi connectivity index (χ3n) is 4.86. The minimum absolute atomic E-state index is 0.0274. The van der Waals surface area contributed by atoms with Crippen LogP contribution in [0.3, 0.4) is 0 Å². The van der Waals surface area contributed by atoms with Gasteiger partial charge in [-0.15, -0.1) is 0 Å². The summed E-state index contributed by atoms with van der Waals surface area (Å²) in [4.78, 5) is 14.4. The molecule has 8 heteroatoms. The zero-order valence-corrected chi connectivity index (χ0v) is 16.2. The zero-order chi connectivity index (χ0) is 19.3. The van der Waals surface area contributed by atoms with Crippen LogP contribution in [0.4, 0.5) is 4.39 Å². The quantitative estimate of drug-likeness (QED) is 0.778. The van der Waals surface area contributed by atoms with E-state index in [1.54, 1.807) is 0 Å². The molecule has 0 spiro atoms. The first kappa shape index (κ1) is 20.8. The van der Waals surface area contributed by atoms with Crippen LogP contribution in [0.5, 0.6) is 0 Å². The van der Waals surface area contributed by atoms with Crippen molar-refractivity contribution >= 4 is 15.9 Å². The number of nitrogens with two attached hydrogens (primary N) is 1. The molecule has 0 radical (unpaired) electrons. The van der Waals surface area contributed by atoms with Gasteiger partial charge in [0.25, 0.3) is 0 Å². The average Bonchev–Trinajstić information content (AvgIpc) is 2.61. The van der Waals surface area contributed by atoms with E-state index < -0.39 is 15.8 Å². The summed E-state index contributed by atoms with van der Waals surface area (Å²) < 4.78 is 39.1. The second kappa shape index (κ2) is 8.92. The van der Waals surface area contributed by atoms with Gasteiger partial charge in [0.1, 0.15) is 5.82 Å². The summed E-state index contributed by atoms with van der Waals surface area (Å²) in [7, 11) is -2.21. The second-order valence-corrected chi connectivity index (χ2v) is 8.94. The number of benzene rings is 1. The van der Waals surface area contributed by atoms with Crippen LogP contribution in [0.1, 0.15) is 39.0 Å². The Bertz CT molecular complexity index is 707. The molecule has 1 heterocycles. The van der Waals surface area contributed by atoms with Gasteiger partial charge in [0.15, 0.2) is 0 Å². The number of sulfonamides is 1. The Balaban J connectivity index is 1.89. The minimum atomic E-state index is -3.68. The molecule has 0 saturated carbocycles. The number of piperidine rings is 1. The van der Waals surface area contributed by atoms with Crippen molar-refractivity contribution in [2.24, 2.45) is 5.73 Å². The van der Waals surface area contributed by atoms with Crippen molar-refractivity contribution in [3.05, 3.63) is 30.1 Å². The summed E-state index contributed by atoms with van der Waals surface area (Å²) in [5.41, 5.74) is 6.00. The van der Waals surface area contributed by atoms with Gasteiger partial charge in [-0.25, -0.2) is 17.1 Å². The number of carbonyl (C=O) groups excluding carboxylic acids is 1. The first-order valence-electron chi connectivity index (χ1n) is 9.00. The maximum atomic E-state index is 13.0. The molecule has 0 bridgehead atoms. The maximum absolute atomic E-state index is 13.0.